The van der Waals surface area contributed by atoms with Gasteiger partial charge in [0.05, 0.1) is 11.9 Å². The summed E-state index contributed by atoms with van der Waals surface area (Å²) in [7, 11) is -1.93. The molecule has 152 valence electrons. The van der Waals surface area contributed by atoms with Gasteiger partial charge in [-0.3, -0.25) is 4.79 Å². The Balaban J connectivity index is 1.50. The van der Waals surface area contributed by atoms with Gasteiger partial charge in [0.25, 0.3) is 5.91 Å². The van der Waals surface area contributed by atoms with E-state index in [1.165, 1.54) is 27.3 Å². The van der Waals surface area contributed by atoms with Crippen LogP contribution in [0.5, 0.6) is 0 Å². The fraction of sp³-hybridized carbons (Fsp3) is 0.316. The number of nitrogens with one attached hydrogen (secondary N) is 1. The molecule has 4 heterocycles. The van der Waals surface area contributed by atoms with E-state index in [1.807, 2.05) is 0 Å². The minimum atomic E-state index is -3.59. The number of aryl methyl sites for hydroxylation is 1. The molecule has 0 aliphatic carbocycles. The summed E-state index contributed by atoms with van der Waals surface area (Å²) in [6.07, 6.45) is 9.21. The standard InChI is InChI=1S/C19H22N6O3S/c1-23-14-16(29(27,28)24-9-3-2-4-10-24)12-17(23)19(26)22-15-6-7-18(20-13-15)25-11-5-8-21-25/h5-8,11-14H,2-4,9-10H2,1H3,(H,22,26). The van der Waals surface area contributed by atoms with Gasteiger partial charge in [0.15, 0.2) is 5.82 Å². The molecule has 1 amide bonds. The molecule has 0 unspecified atom stereocenters. The zero-order chi connectivity index (χ0) is 20.4. The van der Waals surface area contributed by atoms with Gasteiger partial charge in [-0.05, 0) is 37.1 Å². The normalized spacial score (nSPS) is 15.3. The van der Waals surface area contributed by atoms with E-state index in [1.54, 1.807) is 42.3 Å². The van der Waals surface area contributed by atoms with Crippen LogP contribution in [0.1, 0.15) is 29.8 Å². The van der Waals surface area contributed by atoms with Gasteiger partial charge in [-0.1, -0.05) is 6.42 Å². The molecule has 1 fully saturated rings. The predicted octanol–water partition coefficient (Wildman–Crippen LogP) is 2.03. The maximum absolute atomic E-state index is 12.8. The van der Waals surface area contributed by atoms with Crippen molar-refractivity contribution in [1.82, 2.24) is 23.6 Å². The average molecular weight is 414 g/mol. The number of hydrogen-bond donors (Lipinski definition) is 1. The van der Waals surface area contributed by atoms with Gasteiger partial charge in [0, 0.05) is 38.7 Å². The van der Waals surface area contributed by atoms with E-state index < -0.39 is 15.9 Å². The number of anilines is 1. The molecule has 4 rings (SSSR count). The fourth-order valence-corrected chi connectivity index (χ4v) is 4.94. The molecule has 0 spiro atoms. The molecule has 3 aromatic rings. The topological polar surface area (TPSA) is 102 Å². The van der Waals surface area contributed by atoms with Crippen LogP contribution in [-0.2, 0) is 17.1 Å². The number of carbonyl (C=O) groups excluding carboxylic acids is 1. The summed E-state index contributed by atoms with van der Waals surface area (Å²) in [5.74, 6) is 0.225. The Morgan fingerprint density at radius 3 is 2.62 bits per heavy atom. The van der Waals surface area contributed by atoms with Crippen molar-refractivity contribution < 1.29 is 13.2 Å². The van der Waals surface area contributed by atoms with Gasteiger partial charge in [0.2, 0.25) is 10.0 Å². The number of piperidine rings is 1. The van der Waals surface area contributed by atoms with Crippen molar-refractivity contribution in [3.05, 3.63) is 54.7 Å². The van der Waals surface area contributed by atoms with Crippen molar-refractivity contribution in [3.8, 4) is 5.82 Å². The summed E-state index contributed by atoms with van der Waals surface area (Å²) >= 11 is 0. The molecule has 0 aromatic carbocycles. The molecular formula is C19H22N6O3S. The smallest absolute Gasteiger partial charge is 0.272 e. The average Bonchev–Trinajstić information content (AvgIpc) is 3.39. The Hall–Kier alpha value is -2.98. The summed E-state index contributed by atoms with van der Waals surface area (Å²) in [6, 6.07) is 6.67. The SMILES string of the molecule is Cn1cc(S(=O)(=O)N2CCCCC2)cc1C(=O)Nc1ccc(-n2cccn2)nc1. The Morgan fingerprint density at radius 2 is 1.97 bits per heavy atom. The lowest BCUT2D eigenvalue weighted by molar-refractivity contribution is 0.101. The number of rotatable bonds is 5. The molecule has 3 aromatic heterocycles. The molecule has 10 heteroatoms. The van der Waals surface area contributed by atoms with Crippen LogP contribution in [0.3, 0.4) is 0 Å². The first-order chi connectivity index (χ1) is 13.9. The van der Waals surface area contributed by atoms with Gasteiger partial charge in [-0.2, -0.15) is 9.40 Å². The van der Waals surface area contributed by atoms with E-state index >= 15 is 0 Å². The molecule has 9 nitrogen and oxygen atoms in total. The Bertz CT molecular complexity index is 1100. The first-order valence-corrected chi connectivity index (χ1v) is 10.8. The highest BCUT2D eigenvalue weighted by molar-refractivity contribution is 7.89. The quantitative estimate of drug-likeness (QED) is 0.688. The van der Waals surface area contributed by atoms with Crippen LogP contribution in [0.2, 0.25) is 0 Å². The van der Waals surface area contributed by atoms with E-state index in [2.05, 4.69) is 15.4 Å². The third-order valence-corrected chi connectivity index (χ3v) is 6.77. The van der Waals surface area contributed by atoms with Crippen LogP contribution in [0.15, 0.2) is 53.9 Å². The van der Waals surface area contributed by atoms with Crippen molar-refractivity contribution in [3.63, 3.8) is 0 Å². The third-order valence-electron chi connectivity index (χ3n) is 4.91. The first-order valence-electron chi connectivity index (χ1n) is 9.39. The third kappa shape index (κ3) is 3.94. The van der Waals surface area contributed by atoms with E-state index in [-0.39, 0.29) is 10.6 Å². The maximum atomic E-state index is 12.8. The summed E-state index contributed by atoms with van der Waals surface area (Å²) in [5.41, 5.74) is 0.768. The molecule has 1 saturated heterocycles. The molecule has 0 radical (unpaired) electrons. The van der Waals surface area contributed by atoms with Gasteiger partial charge >= 0.3 is 0 Å². The highest BCUT2D eigenvalue weighted by Gasteiger charge is 2.28. The molecule has 1 N–H and O–H groups in total. The van der Waals surface area contributed by atoms with E-state index in [0.717, 1.165) is 19.3 Å². The summed E-state index contributed by atoms with van der Waals surface area (Å²) in [6.45, 7) is 1.04. The summed E-state index contributed by atoms with van der Waals surface area (Å²) < 4.78 is 30.3. The summed E-state index contributed by atoms with van der Waals surface area (Å²) in [4.78, 5) is 17.1. The number of hydrogen-bond acceptors (Lipinski definition) is 5. The summed E-state index contributed by atoms with van der Waals surface area (Å²) in [5, 5.41) is 6.86. The largest absolute Gasteiger partial charge is 0.345 e. The number of amides is 1. The van der Waals surface area contributed by atoms with Gasteiger partial charge in [-0.15, -0.1) is 0 Å². The number of carbonyl (C=O) groups is 1. The molecule has 29 heavy (non-hydrogen) atoms. The monoisotopic (exact) mass is 414 g/mol. The molecule has 0 atom stereocenters. The number of aromatic nitrogens is 4. The van der Waals surface area contributed by atoms with Crippen molar-refractivity contribution in [2.45, 2.75) is 24.2 Å². The van der Waals surface area contributed by atoms with E-state index in [0.29, 0.717) is 24.6 Å². The molecule has 0 bridgehead atoms. The van der Waals surface area contributed by atoms with E-state index in [4.69, 9.17) is 0 Å². The van der Waals surface area contributed by atoms with Crippen LogP contribution in [0, 0.1) is 0 Å². The minimum absolute atomic E-state index is 0.138. The van der Waals surface area contributed by atoms with Crippen molar-refractivity contribution >= 4 is 21.6 Å². The second kappa shape index (κ2) is 7.80. The van der Waals surface area contributed by atoms with Gasteiger partial charge in [-0.25, -0.2) is 18.1 Å². The van der Waals surface area contributed by atoms with Crippen LogP contribution in [-0.4, -0.2) is 51.1 Å². The van der Waals surface area contributed by atoms with Crippen LogP contribution < -0.4 is 5.32 Å². The highest BCUT2D eigenvalue weighted by atomic mass is 32.2. The Kier molecular flexibility index (Phi) is 5.20. The van der Waals surface area contributed by atoms with Crippen LogP contribution in [0.25, 0.3) is 5.82 Å². The van der Waals surface area contributed by atoms with Crippen LogP contribution in [0.4, 0.5) is 5.69 Å². The van der Waals surface area contributed by atoms with E-state index in [9.17, 15) is 13.2 Å². The van der Waals surface area contributed by atoms with Crippen molar-refractivity contribution in [1.29, 1.82) is 0 Å². The number of nitrogens with zero attached hydrogens (tertiary/aromatic N) is 5. The predicted molar refractivity (Wildman–Crippen MR) is 107 cm³/mol. The molecular weight excluding hydrogens is 392 g/mol. The first kappa shape index (κ1) is 19.3. The Morgan fingerprint density at radius 1 is 1.17 bits per heavy atom. The number of pyridine rings is 1. The molecule has 1 aliphatic heterocycles. The Labute approximate surface area is 169 Å². The molecule has 1 aliphatic rings. The van der Waals surface area contributed by atoms with Crippen molar-refractivity contribution in [2.75, 3.05) is 18.4 Å². The maximum Gasteiger partial charge on any atom is 0.272 e. The zero-order valence-electron chi connectivity index (χ0n) is 16.0. The number of sulfonamides is 1. The van der Waals surface area contributed by atoms with Gasteiger partial charge < -0.3 is 9.88 Å². The van der Waals surface area contributed by atoms with Crippen LogP contribution >= 0.6 is 0 Å². The van der Waals surface area contributed by atoms with Crippen molar-refractivity contribution in [2.24, 2.45) is 7.05 Å². The lowest BCUT2D eigenvalue weighted by Crippen LogP contribution is -2.35. The zero-order valence-corrected chi connectivity index (χ0v) is 16.8. The second-order valence-corrected chi connectivity index (χ2v) is 8.88. The lowest BCUT2D eigenvalue weighted by Gasteiger charge is -2.25. The minimum Gasteiger partial charge on any atom is -0.345 e. The second-order valence-electron chi connectivity index (χ2n) is 6.95. The van der Waals surface area contributed by atoms with Gasteiger partial charge in [0.1, 0.15) is 10.6 Å². The highest BCUT2D eigenvalue weighted by Crippen LogP contribution is 2.23. The molecule has 0 saturated carbocycles. The fourth-order valence-electron chi connectivity index (χ4n) is 3.35. The lowest BCUT2D eigenvalue weighted by atomic mass is 10.2.